The van der Waals surface area contributed by atoms with Crippen molar-refractivity contribution < 1.29 is 4.79 Å². The second-order valence-electron chi connectivity index (χ2n) is 5.14. The van der Waals surface area contributed by atoms with Crippen molar-refractivity contribution in [1.82, 2.24) is 10.2 Å². The van der Waals surface area contributed by atoms with Gasteiger partial charge >= 0.3 is 0 Å². The normalized spacial score (nSPS) is 19.9. The third-order valence-corrected chi connectivity index (χ3v) is 3.42. The van der Waals surface area contributed by atoms with Crippen LogP contribution in [-0.2, 0) is 11.2 Å². The highest BCUT2D eigenvalue weighted by Crippen LogP contribution is 2.13. The quantitative estimate of drug-likeness (QED) is 0.777. The van der Waals surface area contributed by atoms with Crippen LogP contribution in [0, 0.1) is 5.92 Å². The van der Waals surface area contributed by atoms with Crippen molar-refractivity contribution in [2.45, 2.75) is 12.8 Å². The molecule has 1 saturated heterocycles. The Morgan fingerprint density at radius 2 is 2.17 bits per heavy atom. The minimum absolute atomic E-state index is 0.0920. The molecule has 0 aliphatic carbocycles. The van der Waals surface area contributed by atoms with Crippen molar-refractivity contribution in [1.29, 1.82) is 0 Å². The number of hydrogen-bond donors (Lipinski definition) is 2. The van der Waals surface area contributed by atoms with Gasteiger partial charge < -0.3 is 16.0 Å². The number of carbonyl (C=O) groups excluding carboxylic acids is 1. The van der Waals surface area contributed by atoms with E-state index >= 15 is 0 Å². The van der Waals surface area contributed by atoms with E-state index in [4.69, 9.17) is 5.73 Å². The molecule has 1 amide bonds. The fourth-order valence-electron chi connectivity index (χ4n) is 2.33. The summed E-state index contributed by atoms with van der Waals surface area (Å²) in [6.45, 7) is 3.01. The van der Waals surface area contributed by atoms with Crippen molar-refractivity contribution in [3.05, 3.63) is 29.8 Å². The average molecular weight is 247 g/mol. The molecule has 18 heavy (non-hydrogen) atoms. The Balaban J connectivity index is 1.73. The maximum atomic E-state index is 11.8. The molecule has 1 heterocycles. The summed E-state index contributed by atoms with van der Waals surface area (Å²) in [4.78, 5) is 14.1. The van der Waals surface area contributed by atoms with E-state index in [1.807, 2.05) is 24.3 Å². The third-order valence-electron chi connectivity index (χ3n) is 3.42. The first-order chi connectivity index (χ1) is 8.63. The Hall–Kier alpha value is -1.55. The maximum absolute atomic E-state index is 11.8. The van der Waals surface area contributed by atoms with Crippen LogP contribution in [0.5, 0.6) is 0 Å². The Morgan fingerprint density at radius 3 is 2.78 bits per heavy atom. The molecule has 1 unspecified atom stereocenters. The van der Waals surface area contributed by atoms with Gasteiger partial charge in [0.15, 0.2) is 0 Å². The number of anilines is 1. The van der Waals surface area contributed by atoms with Crippen LogP contribution in [0.25, 0.3) is 0 Å². The molecule has 4 heteroatoms. The highest BCUT2D eigenvalue weighted by Gasteiger charge is 2.19. The average Bonchev–Trinajstić information content (AvgIpc) is 2.76. The van der Waals surface area contributed by atoms with Gasteiger partial charge in [-0.2, -0.15) is 0 Å². The van der Waals surface area contributed by atoms with Gasteiger partial charge in [0.05, 0.1) is 6.42 Å². The predicted octanol–water partition coefficient (Wildman–Crippen LogP) is 0.879. The summed E-state index contributed by atoms with van der Waals surface area (Å²) >= 11 is 0. The molecule has 0 radical (unpaired) electrons. The third kappa shape index (κ3) is 3.74. The molecule has 0 bridgehead atoms. The molecule has 1 fully saturated rings. The predicted molar refractivity (Wildman–Crippen MR) is 73.2 cm³/mol. The first-order valence-corrected chi connectivity index (χ1v) is 6.43. The summed E-state index contributed by atoms with van der Waals surface area (Å²) in [6.07, 6.45) is 1.61. The monoisotopic (exact) mass is 247 g/mol. The van der Waals surface area contributed by atoms with E-state index in [9.17, 15) is 4.79 Å². The number of nitrogens with two attached hydrogens (primary N) is 1. The maximum Gasteiger partial charge on any atom is 0.224 e. The lowest BCUT2D eigenvalue weighted by atomic mass is 10.1. The Bertz CT molecular complexity index is 402. The van der Waals surface area contributed by atoms with E-state index in [-0.39, 0.29) is 5.91 Å². The zero-order valence-electron chi connectivity index (χ0n) is 10.9. The van der Waals surface area contributed by atoms with Gasteiger partial charge in [0.25, 0.3) is 0 Å². The number of amides is 1. The van der Waals surface area contributed by atoms with Crippen molar-refractivity contribution >= 4 is 11.6 Å². The zero-order valence-corrected chi connectivity index (χ0v) is 10.9. The molecule has 0 aromatic heterocycles. The van der Waals surface area contributed by atoms with Gasteiger partial charge in [-0.1, -0.05) is 12.1 Å². The van der Waals surface area contributed by atoms with Crippen LogP contribution in [0.15, 0.2) is 24.3 Å². The second kappa shape index (κ2) is 5.87. The fraction of sp³-hybridized carbons (Fsp3) is 0.500. The topological polar surface area (TPSA) is 58.4 Å². The van der Waals surface area contributed by atoms with E-state index in [1.54, 1.807) is 0 Å². The van der Waals surface area contributed by atoms with E-state index in [2.05, 4.69) is 17.3 Å². The summed E-state index contributed by atoms with van der Waals surface area (Å²) in [6, 6.07) is 7.46. The number of likely N-dealkylation sites (tertiary alicyclic amines) is 1. The van der Waals surface area contributed by atoms with Crippen LogP contribution < -0.4 is 11.1 Å². The lowest BCUT2D eigenvalue weighted by Gasteiger charge is -2.11. The first kappa shape index (κ1) is 12.9. The van der Waals surface area contributed by atoms with Crippen LogP contribution >= 0.6 is 0 Å². The van der Waals surface area contributed by atoms with Crippen molar-refractivity contribution in [2.24, 2.45) is 5.92 Å². The van der Waals surface area contributed by atoms with E-state index < -0.39 is 0 Å². The Kier molecular flexibility index (Phi) is 4.20. The Morgan fingerprint density at radius 1 is 1.44 bits per heavy atom. The van der Waals surface area contributed by atoms with Crippen molar-refractivity contribution in [3.63, 3.8) is 0 Å². The molecule has 1 aliphatic heterocycles. The summed E-state index contributed by atoms with van der Waals surface area (Å²) in [7, 11) is 2.12. The zero-order chi connectivity index (χ0) is 13.0. The number of nitrogen functional groups attached to an aromatic ring is 1. The molecule has 98 valence electrons. The Labute approximate surface area is 108 Å². The molecule has 1 atom stereocenters. The SMILES string of the molecule is CN1CCC(CNC(=O)Cc2ccc(N)cc2)C1. The van der Waals surface area contributed by atoms with Gasteiger partial charge in [-0.05, 0) is 43.6 Å². The molecule has 1 aromatic carbocycles. The van der Waals surface area contributed by atoms with E-state index in [1.165, 1.54) is 6.42 Å². The van der Waals surface area contributed by atoms with Gasteiger partial charge in [-0.3, -0.25) is 4.79 Å². The van der Waals surface area contributed by atoms with Crippen LogP contribution in [0.2, 0.25) is 0 Å². The largest absolute Gasteiger partial charge is 0.399 e. The number of nitrogens with one attached hydrogen (secondary N) is 1. The highest BCUT2D eigenvalue weighted by molar-refractivity contribution is 5.78. The summed E-state index contributed by atoms with van der Waals surface area (Å²) < 4.78 is 0. The molecule has 0 spiro atoms. The van der Waals surface area contributed by atoms with E-state index in [0.717, 1.165) is 30.9 Å². The summed E-state index contributed by atoms with van der Waals surface area (Å²) in [5.41, 5.74) is 7.34. The molecule has 2 rings (SSSR count). The molecule has 1 aromatic rings. The standard InChI is InChI=1S/C14H21N3O/c1-17-7-6-12(10-17)9-16-14(18)8-11-2-4-13(15)5-3-11/h2-5,12H,6-10,15H2,1H3,(H,16,18). The molecular weight excluding hydrogens is 226 g/mol. The minimum atomic E-state index is 0.0920. The second-order valence-corrected chi connectivity index (χ2v) is 5.14. The van der Waals surface area contributed by atoms with Gasteiger partial charge in [-0.25, -0.2) is 0 Å². The van der Waals surface area contributed by atoms with Crippen LogP contribution in [0.3, 0.4) is 0 Å². The number of benzene rings is 1. The van der Waals surface area contributed by atoms with Crippen LogP contribution in [0.4, 0.5) is 5.69 Å². The number of hydrogen-bond acceptors (Lipinski definition) is 3. The molecule has 3 N–H and O–H groups in total. The molecule has 1 aliphatic rings. The lowest BCUT2D eigenvalue weighted by molar-refractivity contribution is -0.120. The smallest absolute Gasteiger partial charge is 0.224 e. The van der Waals surface area contributed by atoms with E-state index in [0.29, 0.717) is 12.3 Å². The van der Waals surface area contributed by atoms with Gasteiger partial charge in [0.2, 0.25) is 5.91 Å². The number of rotatable bonds is 4. The lowest BCUT2D eigenvalue weighted by Crippen LogP contribution is -2.31. The van der Waals surface area contributed by atoms with Crippen LogP contribution in [0.1, 0.15) is 12.0 Å². The highest BCUT2D eigenvalue weighted by atomic mass is 16.1. The minimum Gasteiger partial charge on any atom is -0.399 e. The first-order valence-electron chi connectivity index (χ1n) is 6.43. The van der Waals surface area contributed by atoms with Crippen molar-refractivity contribution in [3.8, 4) is 0 Å². The summed E-state index contributed by atoms with van der Waals surface area (Å²) in [5, 5.41) is 3.01. The molecular formula is C14H21N3O. The summed E-state index contributed by atoms with van der Waals surface area (Å²) in [5.74, 6) is 0.694. The van der Waals surface area contributed by atoms with Crippen LogP contribution in [-0.4, -0.2) is 37.5 Å². The molecule has 4 nitrogen and oxygen atoms in total. The van der Waals surface area contributed by atoms with Gasteiger partial charge in [0, 0.05) is 18.8 Å². The van der Waals surface area contributed by atoms with Crippen molar-refractivity contribution in [2.75, 3.05) is 32.4 Å². The molecule has 0 saturated carbocycles. The number of nitrogens with zero attached hydrogens (tertiary/aromatic N) is 1. The fourth-order valence-corrected chi connectivity index (χ4v) is 2.33. The van der Waals surface area contributed by atoms with Gasteiger partial charge in [-0.15, -0.1) is 0 Å². The number of carbonyl (C=O) groups is 1. The van der Waals surface area contributed by atoms with Gasteiger partial charge in [0.1, 0.15) is 0 Å².